The van der Waals surface area contributed by atoms with E-state index in [1.807, 2.05) is 12.1 Å². The highest BCUT2D eigenvalue weighted by atomic mass is 16.6. The zero-order valence-electron chi connectivity index (χ0n) is 13.8. The Kier molecular flexibility index (Phi) is 6.34. The zero-order valence-corrected chi connectivity index (χ0v) is 13.8. The molecule has 1 aliphatic heterocycles. The molecule has 1 aliphatic rings. The molecule has 0 bridgehead atoms. The van der Waals surface area contributed by atoms with Crippen LogP contribution in [0.5, 0.6) is 0 Å². The largest absolute Gasteiger partial charge is 0.439 e. The fourth-order valence-corrected chi connectivity index (χ4v) is 2.52. The molecule has 132 valence electrons. The van der Waals surface area contributed by atoms with Crippen molar-refractivity contribution in [3.8, 4) is 6.07 Å². The first-order valence-corrected chi connectivity index (χ1v) is 7.96. The second-order valence-corrected chi connectivity index (χ2v) is 5.70. The molecule has 2 N–H and O–H groups in total. The Hall–Kier alpha value is -3.08. The van der Waals surface area contributed by atoms with Crippen LogP contribution in [-0.2, 0) is 20.7 Å². The molecule has 25 heavy (non-hydrogen) atoms. The third-order valence-electron chi connectivity index (χ3n) is 3.94. The molecule has 0 atom stereocenters. The van der Waals surface area contributed by atoms with Gasteiger partial charge in [-0.25, -0.2) is 4.79 Å². The van der Waals surface area contributed by atoms with E-state index in [9.17, 15) is 14.4 Å². The Labute approximate surface area is 145 Å². The predicted octanol–water partition coefficient (Wildman–Crippen LogP) is 0.257. The average molecular weight is 344 g/mol. The number of nitrogens with two attached hydrogens (primary N) is 1. The summed E-state index contributed by atoms with van der Waals surface area (Å²) in [6.45, 7) is 1.14. The minimum atomic E-state index is -0.704. The highest BCUT2D eigenvalue weighted by molar-refractivity contribution is 5.79. The number of amides is 3. The van der Waals surface area contributed by atoms with Crippen molar-refractivity contribution in [3.05, 3.63) is 35.4 Å². The van der Waals surface area contributed by atoms with Gasteiger partial charge in [-0.3, -0.25) is 9.59 Å². The minimum Gasteiger partial charge on any atom is -0.439 e. The van der Waals surface area contributed by atoms with E-state index in [2.05, 4.69) is 6.07 Å². The first-order chi connectivity index (χ1) is 12.0. The molecule has 0 radical (unpaired) electrons. The van der Waals surface area contributed by atoms with E-state index >= 15 is 0 Å². The van der Waals surface area contributed by atoms with Crippen LogP contribution in [-0.4, -0.2) is 60.5 Å². The molecule has 0 aromatic heterocycles. The van der Waals surface area contributed by atoms with Gasteiger partial charge in [0.25, 0.3) is 5.91 Å². The van der Waals surface area contributed by atoms with Crippen LogP contribution in [0.2, 0.25) is 0 Å². The number of primary amides is 1. The lowest BCUT2D eigenvalue weighted by molar-refractivity contribution is -0.132. The van der Waals surface area contributed by atoms with Crippen molar-refractivity contribution in [1.29, 1.82) is 5.26 Å². The molecule has 1 aromatic rings. The summed E-state index contributed by atoms with van der Waals surface area (Å²) in [6, 6.07) is 9.21. The summed E-state index contributed by atoms with van der Waals surface area (Å²) in [5.74, 6) is -0.681. The van der Waals surface area contributed by atoms with E-state index in [0.29, 0.717) is 44.6 Å². The van der Waals surface area contributed by atoms with Crippen LogP contribution in [0.25, 0.3) is 0 Å². The van der Waals surface area contributed by atoms with Crippen molar-refractivity contribution in [3.63, 3.8) is 0 Å². The van der Waals surface area contributed by atoms with Gasteiger partial charge in [-0.05, 0) is 24.1 Å². The summed E-state index contributed by atoms with van der Waals surface area (Å²) in [4.78, 5) is 37.7. The summed E-state index contributed by atoms with van der Waals surface area (Å²) in [7, 11) is 0. The number of benzene rings is 1. The third kappa shape index (κ3) is 5.49. The number of carbonyl (C=O) groups excluding carboxylic acids is 3. The number of piperazine rings is 1. The van der Waals surface area contributed by atoms with E-state index in [1.54, 1.807) is 17.0 Å². The third-order valence-corrected chi connectivity index (χ3v) is 3.94. The van der Waals surface area contributed by atoms with Crippen molar-refractivity contribution >= 4 is 17.9 Å². The Bertz CT molecular complexity index is 673. The van der Waals surface area contributed by atoms with E-state index in [-0.39, 0.29) is 5.91 Å². The van der Waals surface area contributed by atoms with Crippen molar-refractivity contribution < 1.29 is 19.1 Å². The maximum atomic E-state index is 12.3. The van der Waals surface area contributed by atoms with E-state index in [0.717, 1.165) is 5.56 Å². The Balaban J connectivity index is 1.74. The van der Waals surface area contributed by atoms with Gasteiger partial charge < -0.3 is 20.3 Å². The molecule has 0 unspecified atom stereocenters. The molecule has 1 fully saturated rings. The number of carbonyl (C=O) groups is 3. The summed E-state index contributed by atoms with van der Waals surface area (Å²) in [5.41, 5.74) is 6.52. The van der Waals surface area contributed by atoms with Crippen LogP contribution in [0.4, 0.5) is 4.79 Å². The second kappa shape index (κ2) is 8.68. The van der Waals surface area contributed by atoms with E-state index in [4.69, 9.17) is 15.7 Å². The SMILES string of the molecule is N#Cc1ccc(CCC(=O)N2CCN(C(=O)OCC(N)=O)CC2)cc1. The van der Waals surface area contributed by atoms with Crippen LogP contribution < -0.4 is 5.73 Å². The first-order valence-electron chi connectivity index (χ1n) is 7.96. The topological polar surface area (TPSA) is 117 Å². The Morgan fingerprint density at radius 1 is 1.08 bits per heavy atom. The molecule has 8 nitrogen and oxygen atoms in total. The van der Waals surface area contributed by atoms with Gasteiger partial charge in [0.2, 0.25) is 5.91 Å². The Morgan fingerprint density at radius 3 is 2.24 bits per heavy atom. The molecular formula is C17H20N4O4. The maximum Gasteiger partial charge on any atom is 0.410 e. The lowest BCUT2D eigenvalue weighted by atomic mass is 10.1. The van der Waals surface area contributed by atoms with Gasteiger partial charge in [0.15, 0.2) is 6.61 Å². The lowest BCUT2D eigenvalue weighted by Gasteiger charge is -2.34. The van der Waals surface area contributed by atoms with Crippen molar-refractivity contribution in [2.45, 2.75) is 12.8 Å². The minimum absolute atomic E-state index is 0.0227. The molecule has 1 saturated heterocycles. The standard InChI is InChI=1S/C17H20N4O4/c18-11-14-3-1-13(2-4-14)5-6-16(23)20-7-9-21(10-8-20)17(24)25-12-15(19)22/h1-4H,5-10,12H2,(H2,19,22). The van der Waals surface area contributed by atoms with Gasteiger partial charge in [-0.15, -0.1) is 0 Å². The number of nitrogens with zero attached hydrogens (tertiary/aromatic N) is 3. The van der Waals surface area contributed by atoms with Crippen molar-refractivity contribution in [1.82, 2.24) is 9.80 Å². The van der Waals surface area contributed by atoms with Gasteiger partial charge in [0.1, 0.15) is 0 Å². The lowest BCUT2D eigenvalue weighted by Crippen LogP contribution is -2.51. The van der Waals surface area contributed by atoms with Crippen LogP contribution in [0.3, 0.4) is 0 Å². The summed E-state index contributed by atoms with van der Waals surface area (Å²) >= 11 is 0. The number of aryl methyl sites for hydroxylation is 1. The van der Waals surface area contributed by atoms with Gasteiger partial charge in [0.05, 0.1) is 11.6 Å². The van der Waals surface area contributed by atoms with E-state index < -0.39 is 18.6 Å². The van der Waals surface area contributed by atoms with Crippen LogP contribution in [0.15, 0.2) is 24.3 Å². The van der Waals surface area contributed by atoms with Gasteiger partial charge in [-0.1, -0.05) is 12.1 Å². The molecule has 3 amide bonds. The van der Waals surface area contributed by atoms with Gasteiger partial charge >= 0.3 is 6.09 Å². The van der Waals surface area contributed by atoms with E-state index in [1.165, 1.54) is 4.90 Å². The van der Waals surface area contributed by atoms with Crippen molar-refractivity contribution in [2.75, 3.05) is 32.8 Å². The average Bonchev–Trinajstić information content (AvgIpc) is 2.64. The molecule has 0 spiro atoms. The zero-order chi connectivity index (χ0) is 18.2. The van der Waals surface area contributed by atoms with Gasteiger partial charge in [-0.2, -0.15) is 5.26 Å². The monoisotopic (exact) mass is 344 g/mol. The molecule has 1 aromatic carbocycles. The number of ether oxygens (including phenoxy) is 1. The molecule has 0 saturated carbocycles. The second-order valence-electron chi connectivity index (χ2n) is 5.70. The normalized spacial score (nSPS) is 13.9. The van der Waals surface area contributed by atoms with Crippen LogP contribution in [0, 0.1) is 11.3 Å². The molecule has 2 rings (SSSR count). The summed E-state index contributed by atoms with van der Waals surface area (Å²) < 4.78 is 4.75. The number of rotatable bonds is 5. The molecule has 1 heterocycles. The highest BCUT2D eigenvalue weighted by Gasteiger charge is 2.24. The molecular weight excluding hydrogens is 324 g/mol. The molecule has 0 aliphatic carbocycles. The van der Waals surface area contributed by atoms with Crippen LogP contribution in [0.1, 0.15) is 17.5 Å². The van der Waals surface area contributed by atoms with Crippen LogP contribution >= 0.6 is 0 Å². The number of nitriles is 1. The van der Waals surface area contributed by atoms with Crippen molar-refractivity contribution in [2.24, 2.45) is 5.73 Å². The van der Waals surface area contributed by atoms with Gasteiger partial charge in [0, 0.05) is 32.6 Å². The first kappa shape index (κ1) is 18.3. The fourth-order valence-electron chi connectivity index (χ4n) is 2.52. The quantitative estimate of drug-likeness (QED) is 0.822. The highest BCUT2D eigenvalue weighted by Crippen LogP contribution is 2.10. The number of hydrogen-bond donors (Lipinski definition) is 1. The molecule has 8 heteroatoms. The summed E-state index contributed by atoms with van der Waals surface area (Å²) in [5, 5.41) is 8.77. The maximum absolute atomic E-state index is 12.3. The smallest absolute Gasteiger partial charge is 0.410 e. The fraction of sp³-hybridized carbons (Fsp3) is 0.412. The predicted molar refractivity (Wildman–Crippen MR) is 88.2 cm³/mol. The summed E-state index contributed by atoms with van der Waals surface area (Å²) in [6.07, 6.45) is 0.382. The Morgan fingerprint density at radius 2 is 1.68 bits per heavy atom. The number of hydrogen-bond acceptors (Lipinski definition) is 5.